The van der Waals surface area contributed by atoms with Crippen LogP contribution in [0.15, 0.2) is 0 Å². The number of amides is 1. The second kappa shape index (κ2) is 7.68. The van der Waals surface area contributed by atoms with Gasteiger partial charge in [0.2, 0.25) is 0 Å². The Labute approximate surface area is 109 Å². The van der Waals surface area contributed by atoms with E-state index < -0.39 is 0 Å². The van der Waals surface area contributed by atoms with Crippen LogP contribution in [0.1, 0.15) is 19.3 Å². The smallest absolute Gasteiger partial charge is 0.263 e. The number of carbonyl (C=O) groups excluding carboxylic acids is 1. The van der Waals surface area contributed by atoms with Crippen molar-refractivity contribution in [2.75, 3.05) is 40.8 Å². The van der Waals surface area contributed by atoms with E-state index in [1.54, 1.807) is 0 Å². The SMILES string of the molecule is CN(C)CCCN(C)CC1CCC(C(=O)NN)O1. The summed E-state index contributed by atoms with van der Waals surface area (Å²) in [6.45, 7) is 3.02. The minimum Gasteiger partial charge on any atom is -0.364 e. The molecule has 0 radical (unpaired) electrons. The van der Waals surface area contributed by atoms with Crippen LogP contribution in [0.5, 0.6) is 0 Å². The van der Waals surface area contributed by atoms with Crippen LogP contribution in [-0.2, 0) is 9.53 Å². The van der Waals surface area contributed by atoms with Crippen molar-refractivity contribution in [2.45, 2.75) is 31.5 Å². The van der Waals surface area contributed by atoms with Gasteiger partial charge in [0, 0.05) is 6.54 Å². The van der Waals surface area contributed by atoms with Crippen molar-refractivity contribution in [1.29, 1.82) is 0 Å². The van der Waals surface area contributed by atoms with Crippen molar-refractivity contribution in [3.63, 3.8) is 0 Å². The summed E-state index contributed by atoms with van der Waals surface area (Å²) in [4.78, 5) is 15.8. The first-order valence-corrected chi connectivity index (χ1v) is 6.52. The zero-order valence-corrected chi connectivity index (χ0v) is 11.7. The number of hydrogen-bond donors (Lipinski definition) is 2. The molecule has 18 heavy (non-hydrogen) atoms. The molecule has 0 aliphatic carbocycles. The van der Waals surface area contributed by atoms with E-state index in [1.165, 1.54) is 0 Å². The summed E-state index contributed by atoms with van der Waals surface area (Å²) in [6, 6.07) is 0. The van der Waals surface area contributed by atoms with Gasteiger partial charge >= 0.3 is 0 Å². The van der Waals surface area contributed by atoms with Gasteiger partial charge in [-0.1, -0.05) is 0 Å². The van der Waals surface area contributed by atoms with Crippen molar-refractivity contribution in [1.82, 2.24) is 15.2 Å². The second-order valence-corrected chi connectivity index (χ2v) is 5.25. The average molecular weight is 258 g/mol. The van der Waals surface area contributed by atoms with E-state index >= 15 is 0 Å². The van der Waals surface area contributed by atoms with E-state index in [-0.39, 0.29) is 18.1 Å². The fourth-order valence-electron chi connectivity index (χ4n) is 2.22. The van der Waals surface area contributed by atoms with Crippen LogP contribution in [-0.4, -0.2) is 68.7 Å². The second-order valence-electron chi connectivity index (χ2n) is 5.25. The molecule has 0 aromatic heterocycles. The zero-order chi connectivity index (χ0) is 13.5. The molecule has 1 saturated heterocycles. The molecule has 0 aromatic rings. The Bertz CT molecular complexity index is 260. The highest BCUT2D eigenvalue weighted by molar-refractivity contribution is 5.80. The molecule has 2 unspecified atom stereocenters. The number of likely N-dealkylation sites (N-methyl/N-ethyl adjacent to an activating group) is 1. The Kier molecular flexibility index (Phi) is 6.56. The molecule has 6 heteroatoms. The quantitative estimate of drug-likeness (QED) is 0.363. The van der Waals surface area contributed by atoms with Crippen LogP contribution in [0.3, 0.4) is 0 Å². The molecule has 1 amide bonds. The molecule has 1 rings (SSSR count). The van der Waals surface area contributed by atoms with Crippen molar-refractivity contribution < 1.29 is 9.53 Å². The molecule has 1 fully saturated rings. The topological polar surface area (TPSA) is 70.8 Å². The Morgan fingerprint density at radius 1 is 1.33 bits per heavy atom. The first-order chi connectivity index (χ1) is 8.52. The Morgan fingerprint density at radius 2 is 2.06 bits per heavy atom. The van der Waals surface area contributed by atoms with Crippen LogP contribution < -0.4 is 11.3 Å². The molecule has 1 aliphatic rings. The predicted octanol–water partition coefficient (Wildman–Crippen LogP) is -0.593. The molecular formula is C12H26N4O2. The number of hydrogen-bond acceptors (Lipinski definition) is 5. The van der Waals surface area contributed by atoms with Crippen LogP contribution in [0, 0.1) is 0 Å². The Morgan fingerprint density at radius 3 is 2.67 bits per heavy atom. The van der Waals surface area contributed by atoms with Gasteiger partial charge < -0.3 is 14.5 Å². The van der Waals surface area contributed by atoms with E-state index in [4.69, 9.17) is 10.6 Å². The highest BCUT2D eigenvalue weighted by atomic mass is 16.5. The average Bonchev–Trinajstić information content (AvgIpc) is 2.76. The highest BCUT2D eigenvalue weighted by Gasteiger charge is 2.30. The molecular weight excluding hydrogens is 232 g/mol. The summed E-state index contributed by atoms with van der Waals surface area (Å²) < 4.78 is 5.67. The maximum Gasteiger partial charge on any atom is 0.263 e. The normalized spacial score (nSPS) is 23.9. The Balaban J connectivity index is 2.17. The van der Waals surface area contributed by atoms with E-state index in [0.29, 0.717) is 0 Å². The number of ether oxygens (including phenoxy) is 1. The molecule has 1 aliphatic heterocycles. The number of rotatable bonds is 7. The molecule has 3 N–H and O–H groups in total. The minimum atomic E-state index is -0.366. The molecule has 6 nitrogen and oxygen atoms in total. The predicted molar refractivity (Wildman–Crippen MR) is 70.9 cm³/mol. The molecule has 0 saturated carbocycles. The molecule has 106 valence electrons. The lowest BCUT2D eigenvalue weighted by Gasteiger charge is -2.21. The van der Waals surface area contributed by atoms with Gasteiger partial charge in [-0.3, -0.25) is 10.2 Å². The molecule has 0 bridgehead atoms. The van der Waals surface area contributed by atoms with Crippen molar-refractivity contribution >= 4 is 5.91 Å². The largest absolute Gasteiger partial charge is 0.364 e. The van der Waals surface area contributed by atoms with Gasteiger partial charge in [0.1, 0.15) is 6.10 Å². The first kappa shape index (κ1) is 15.4. The lowest BCUT2D eigenvalue weighted by Crippen LogP contribution is -2.40. The summed E-state index contributed by atoms with van der Waals surface area (Å²) in [7, 11) is 6.25. The van der Waals surface area contributed by atoms with Crippen LogP contribution in [0.4, 0.5) is 0 Å². The minimum absolute atomic E-state index is 0.150. The maximum atomic E-state index is 11.3. The van der Waals surface area contributed by atoms with Crippen molar-refractivity contribution in [3.8, 4) is 0 Å². The summed E-state index contributed by atoms with van der Waals surface area (Å²) >= 11 is 0. The van der Waals surface area contributed by atoms with E-state index in [1.807, 2.05) is 0 Å². The molecule has 2 atom stereocenters. The third-order valence-electron chi connectivity index (χ3n) is 3.20. The van der Waals surface area contributed by atoms with Crippen molar-refractivity contribution in [2.24, 2.45) is 5.84 Å². The number of nitrogens with one attached hydrogen (secondary N) is 1. The van der Waals surface area contributed by atoms with Gasteiger partial charge in [0.05, 0.1) is 6.10 Å². The Hall–Kier alpha value is -0.690. The van der Waals surface area contributed by atoms with Gasteiger partial charge in [-0.2, -0.15) is 0 Å². The standard InChI is InChI=1S/C12H26N4O2/c1-15(2)7-4-8-16(3)9-10-5-6-11(18-10)12(17)14-13/h10-11H,4-9,13H2,1-3H3,(H,14,17). The number of nitrogens with zero attached hydrogens (tertiary/aromatic N) is 2. The summed E-state index contributed by atoms with van der Waals surface area (Å²) in [5.41, 5.74) is 2.14. The summed E-state index contributed by atoms with van der Waals surface area (Å²) in [5.74, 6) is 4.88. The van der Waals surface area contributed by atoms with E-state index in [9.17, 15) is 4.79 Å². The zero-order valence-electron chi connectivity index (χ0n) is 11.7. The third-order valence-corrected chi connectivity index (χ3v) is 3.20. The van der Waals surface area contributed by atoms with Gasteiger partial charge in [-0.15, -0.1) is 0 Å². The molecule has 0 spiro atoms. The van der Waals surface area contributed by atoms with E-state index in [0.717, 1.165) is 38.9 Å². The maximum absolute atomic E-state index is 11.3. The highest BCUT2D eigenvalue weighted by Crippen LogP contribution is 2.20. The number of nitrogens with two attached hydrogens (primary N) is 1. The van der Waals surface area contributed by atoms with Gasteiger partial charge in [0.25, 0.3) is 5.91 Å². The van der Waals surface area contributed by atoms with E-state index in [2.05, 4.69) is 36.4 Å². The number of hydrazine groups is 1. The lowest BCUT2D eigenvalue weighted by molar-refractivity contribution is -0.132. The molecule has 1 heterocycles. The molecule has 0 aromatic carbocycles. The van der Waals surface area contributed by atoms with Crippen LogP contribution in [0.25, 0.3) is 0 Å². The lowest BCUT2D eigenvalue weighted by atomic mass is 10.2. The fourth-order valence-corrected chi connectivity index (χ4v) is 2.22. The van der Waals surface area contributed by atoms with Crippen LogP contribution >= 0.6 is 0 Å². The van der Waals surface area contributed by atoms with Crippen LogP contribution in [0.2, 0.25) is 0 Å². The summed E-state index contributed by atoms with van der Waals surface area (Å²) in [6.07, 6.45) is 2.62. The fraction of sp³-hybridized carbons (Fsp3) is 0.917. The first-order valence-electron chi connectivity index (χ1n) is 6.52. The van der Waals surface area contributed by atoms with Gasteiger partial charge in [-0.25, -0.2) is 5.84 Å². The van der Waals surface area contributed by atoms with Gasteiger partial charge in [-0.05, 0) is 53.5 Å². The van der Waals surface area contributed by atoms with Gasteiger partial charge in [0.15, 0.2) is 0 Å². The van der Waals surface area contributed by atoms with Crippen molar-refractivity contribution in [3.05, 3.63) is 0 Å². The third kappa shape index (κ3) is 5.30. The number of carbonyl (C=O) groups is 1. The monoisotopic (exact) mass is 258 g/mol. The summed E-state index contributed by atoms with van der Waals surface area (Å²) in [5, 5.41) is 0.